The van der Waals surface area contributed by atoms with E-state index in [-0.39, 0.29) is 18.9 Å². The van der Waals surface area contributed by atoms with Gasteiger partial charge in [-0.3, -0.25) is 22.9 Å². The molecule has 0 aromatic carbocycles. The summed E-state index contributed by atoms with van der Waals surface area (Å²) in [5, 5.41) is 10.6. The highest BCUT2D eigenvalue weighted by molar-refractivity contribution is 7.47. The molecule has 0 bridgehead atoms. The molecule has 24 heteroatoms. The minimum atomic E-state index is -5.75. The first-order chi connectivity index (χ1) is 16.6. The highest BCUT2D eigenvalue weighted by Gasteiger charge is 2.60. The van der Waals surface area contributed by atoms with Crippen molar-refractivity contribution in [3.63, 3.8) is 0 Å². The third kappa shape index (κ3) is 10.7. The predicted molar refractivity (Wildman–Crippen MR) is 113 cm³/mol. The van der Waals surface area contributed by atoms with Crippen LogP contribution < -0.4 is 5.73 Å². The maximum absolute atomic E-state index is 12.8. The van der Waals surface area contributed by atoms with Crippen LogP contribution >= 0.6 is 31.3 Å². The van der Waals surface area contributed by atoms with Gasteiger partial charge in [0.2, 0.25) is 0 Å². The van der Waals surface area contributed by atoms with Gasteiger partial charge >= 0.3 is 37.3 Å². The molecule has 0 radical (unpaired) electrons. The highest BCUT2D eigenvalue weighted by Crippen LogP contribution is 2.53. The van der Waals surface area contributed by atoms with Crippen molar-refractivity contribution in [1.29, 1.82) is 0 Å². The molecule has 6 atom stereocenters. The predicted octanol–water partition coefficient (Wildman–Crippen LogP) is -2.30. The van der Waals surface area contributed by atoms with Crippen molar-refractivity contribution < 1.29 is 90.1 Å². The third-order valence-electron chi connectivity index (χ3n) is 5.36. The minimum Gasteiger partial charge on any atom is -0.456 e. The summed E-state index contributed by atoms with van der Waals surface area (Å²) in [7, 11) is -22.9. The summed E-state index contributed by atoms with van der Waals surface area (Å²) in [5.41, 5.74) is 5.76. The zero-order valence-electron chi connectivity index (χ0n) is 18.4. The quantitative estimate of drug-likeness (QED) is 0.0901. The van der Waals surface area contributed by atoms with Gasteiger partial charge in [-0.25, -0.2) is 18.3 Å². The van der Waals surface area contributed by atoms with Crippen molar-refractivity contribution in [1.82, 2.24) is 0 Å². The van der Waals surface area contributed by atoms with Gasteiger partial charge in [0, 0.05) is 6.04 Å². The van der Waals surface area contributed by atoms with Crippen molar-refractivity contribution in [2.24, 2.45) is 11.7 Å². The Hall–Kier alpha value is -0.170. The van der Waals surface area contributed by atoms with Gasteiger partial charge < -0.3 is 54.7 Å². The van der Waals surface area contributed by atoms with E-state index in [1.54, 1.807) is 0 Å². The summed E-state index contributed by atoms with van der Waals surface area (Å²) in [4.78, 5) is 87.0. The number of carbonyl (C=O) groups is 1. The molecule has 0 unspecified atom stereocenters. The summed E-state index contributed by atoms with van der Waals surface area (Å²) >= 11 is 0. The summed E-state index contributed by atoms with van der Waals surface area (Å²) < 4.78 is 68.7. The second-order valence-corrected chi connectivity index (χ2v) is 13.0. The van der Waals surface area contributed by atoms with E-state index in [0.29, 0.717) is 12.8 Å². The Morgan fingerprint density at radius 2 is 0.919 bits per heavy atom. The number of esters is 1. The number of aliphatic hydroxyl groups is 1. The van der Waals surface area contributed by atoms with Crippen LogP contribution in [0.15, 0.2) is 0 Å². The Labute approximate surface area is 208 Å². The molecule has 218 valence electrons. The average molecular weight is 625 g/mol. The standard InChI is InChI=1S/C13H27NO19P4/c14-6-3-1-5(2-4-6)13(16)29-10-8(30-34(17,18)19)7(15)9(31-35(20,21)22)11(32-36(23,24)25)12(10)33-37(26,27)28/h5-12,15H,1-4,14H2,(H2,17,18,19)(H2,20,21,22)(H2,23,24,25)(H2,26,27,28)/t5?,6?,7-,8-,9+,10-,11-,12-/m0/s1. The molecule has 20 nitrogen and oxygen atoms in total. The smallest absolute Gasteiger partial charge is 0.456 e. The first-order valence-corrected chi connectivity index (χ1v) is 16.3. The highest BCUT2D eigenvalue weighted by atomic mass is 31.2. The fourth-order valence-electron chi connectivity index (χ4n) is 3.97. The van der Waals surface area contributed by atoms with Gasteiger partial charge in [0.15, 0.2) is 6.10 Å². The Morgan fingerprint density at radius 3 is 1.30 bits per heavy atom. The largest absolute Gasteiger partial charge is 0.470 e. The van der Waals surface area contributed by atoms with Crippen molar-refractivity contribution in [3.05, 3.63) is 0 Å². The monoisotopic (exact) mass is 625 g/mol. The third-order valence-corrected chi connectivity index (χ3v) is 7.43. The SMILES string of the molecule is NC1CCC(C(=O)O[C@@H]2[C@H](OP(=O)(O)O)[C@@H](OP(=O)(O)O)[C@H](OP(=O)(O)O)[C@@H](O)[C@@H]2OP(=O)(O)O)CC1. The van der Waals surface area contributed by atoms with E-state index in [4.69, 9.17) is 10.5 Å². The summed E-state index contributed by atoms with van der Waals surface area (Å²) in [5.74, 6) is -2.07. The number of ether oxygens (including phenoxy) is 1. The summed E-state index contributed by atoms with van der Waals surface area (Å²) in [6, 6.07) is -0.247. The Kier molecular flexibility index (Phi) is 10.8. The number of phosphoric ester groups is 4. The van der Waals surface area contributed by atoms with Gasteiger partial charge in [-0.1, -0.05) is 0 Å². The first-order valence-electron chi connectivity index (χ1n) is 10.2. The van der Waals surface area contributed by atoms with Crippen LogP contribution in [0.5, 0.6) is 0 Å². The van der Waals surface area contributed by atoms with Crippen molar-refractivity contribution in [2.45, 2.75) is 68.3 Å². The number of hydrogen-bond donors (Lipinski definition) is 10. The number of aliphatic hydroxyl groups excluding tert-OH is 1. The van der Waals surface area contributed by atoms with E-state index in [2.05, 4.69) is 18.1 Å². The van der Waals surface area contributed by atoms with E-state index in [9.17, 15) is 67.3 Å². The molecule has 2 fully saturated rings. The Balaban J connectivity index is 2.62. The van der Waals surface area contributed by atoms with E-state index < -0.39 is 79.8 Å². The molecule has 2 rings (SSSR count). The Bertz CT molecular complexity index is 992. The number of hydrogen-bond acceptors (Lipinski definition) is 12. The summed E-state index contributed by atoms with van der Waals surface area (Å²) in [6.45, 7) is 0. The van der Waals surface area contributed by atoms with E-state index in [1.165, 1.54) is 0 Å². The van der Waals surface area contributed by atoms with Gasteiger partial charge in [-0.15, -0.1) is 0 Å². The average Bonchev–Trinajstić information content (AvgIpc) is 2.67. The topological polar surface area (TPSA) is 340 Å². The van der Waals surface area contributed by atoms with Crippen LogP contribution in [0, 0.1) is 5.92 Å². The second-order valence-electron chi connectivity index (χ2n) is 8.25. The van der Waals surface area contributed by atoms with E-state index in [0.717, 1.165) is 0 Å². The molecule has 0 amide bonds. The maximum Gasteiger partial charge on any atom is 0.470 e. The van der Waals surface area contributed by atoms with Crippen LogP contribution in [0.1, 0.15) is 25.7 Å². The zero-order chi connectivity index (χ0) is 28.6. The minimum absolute atomic E-state index is 0.148. The lowest BCUT2D eigenvalue weighted by Gasteiger charge is -2.47. The maximum atomic E-state index is 12.8. The lowest BCUT2D eigenvalue weighted by molar-refractivity contribution is -0.224. The fraction of sp³-hybridized carbons (Fsp3) is 0.923. The van der Waals surface area contributed by atoms with Crippen LogP contribution in [0.2, 0.25) is 0 Å². The number of nitrogens with two attached hydrogens (primary N) is 1. The molecule has 0 spiro atoms. The van der Waals surface area contributed by atoms with Crippen LogP contribution in [-0.2, 0) is 45.9 Å². The number of carbonyl (C=O) groups excluding carboxylic acids is 1. The molecular weight excluding hydrogens is 598 g/mol. The number of phosphoric acid groups is 4. The molecule has 0 aromatic heterocycles. The van der Waals surface area contributed by atoms with Gasteiger partial charge in [0.05, 0.1) is 5.92 Å². The lowest BCUT2D eigenvalue weighted by Crippen LogP contribution is -2.66. The molecule has 2 saturated carbocycles. The molecule has 0 aliphatic heterocycles. The molecule has 2 aliphatic rings. The zero-order valence-corrected chi connectivity index (χ0v) is 22.0. The normalized spacial score (nSPS) is 34.2. The van der Waals surface area contributed by atoms with Gasteiger partial charge in [-0.2, -0.15) is 0 Å². The molecule has 0 aromatic rings. The lowest BCUT2D eigenvalue weighted by atomic mass is 9.84. The van der Waals surface area contributed by atoms with Crippen LogP contribution in [-0.4, -0.2) is 92.9 Å². The van der Waals surface area contributed by atoms with Crippen LogP contribution in [0.3, 0.4) is 0 Å². The molecule has 0 saturated heterocycles. The van der Waals surface area contributed by atoms with Gasteiger partial charge in [0.25, 0.3) is 0 Å². The van der Waals surface area contributed by atoms with Crippen molar-refractivity contribution in [3.8, 4) is 0 Å². The van der Waals surface area contributed by atoms with Crippen LogP contribution in [0.25, 0.3) is 0 Å². The number of rotatable bonds is 10. The van der Waals surface area contributed by atoms with Crippen molar-refractivity contribution in [2.75, 3.05) is 0 Å². The van der Waals surface area contributed by atoms with Crippen LogP contribution in [0.4, 0.5) is 0 Å². The summed E-state index contributed by atoms with van der Waals surface area (Å²) in [6.07, 6.45) is -14.9. The van der Waals surface area contributed by atoms with Gasteiger partial charge in [-0.05, 0) is 25.7 Å². The van der Waals surface area contributed by atoms with Crippen molar-refractivity contribution >= 4 is 37.3 Å². The van der Waals surface area contributed by atoms with E-state index >= 15 is 0 Å². The van der Waals surface area contributed by atoms with Gasteiger partial charge in [0.1, 0.15) is 30.5 Å². The molecule has 0 heterocycles. The van der Waals surface area contributed by atoms with E-state index in [1.807, 2.05) is 0 Å². The molecule has 11 N–H and O–H groups in total. The first kappa shape index (κ1) is 33.0. The Morgan fingerprint density at radius 1 is 0.595 bits per heavy atom. The molecule has 37 heavy (non-hydrogen) atoms. The second kappa shape index (κ2) is 12.1. The molecule has 2 aliphatic carbocycles. The fourth-order valence-corrected chi connectivity index (χ4v) is 6.21. The molecular formula is C13H27NO19P4.